The number of fused-ring (bicyclic) bond motifs is 4. The zero-order chi connectivity index (χ0) is 17.0. The minimum Gasteiger partial charge on any atom is -0.377 e. The molecule has 5 rings (SSSR count). The van der Waals surface area contributed by atoms with Crippen molar-refractivity contribution < 1.29 is 0 Å². The van der Waals surface area contributed by atoms with Crippen LogP contribution in [0.5, 0.6) is 0 Å². The Hall–Kier alpha value is -2.25. The fraction of sp³-hybridized carbons (Fsp3) is 0.217. The van der Waals surface area contributed by atoms with E-state index in [1.165, 1.54) is 27.6 Å². The van der Waals surface area contributed by atoms with Crippen molar-refractivity contribution in [2.24, 2.45) is 5.92 Å². The minimum atomic E-state index is 0.302. The molecule has 1 N–H and O–H groups in total. The molecule has 1 aliphatic heterocycles. The predicted molar refractivity (Wildman–Crippen MR) is 106 cm³/mol. The molecule has 0 spiro atoms. The van der Waals surface area contributed by atoms with Crippen LogP contribution in [0.15, 0.2) is 66.7 Å². The summed E-state index contributed by atoms with van der Waals surface area (Å²) >= 11 is 6.42. The zero-order valence-corrected chi connectivity index (χ0v) is 14.9. The van der Waals surface area contributed by atoms with Crippen molar-refractivity contribution in [2.75, 3.05) is 5.32 Å². The lowest BCUT2D eigenvalue weighted by atomic mass is 9.75. The van der Waals surface area contributed by atoms with Crippen LogP contribution in [0.25, 0.3) is 10.8 Å². The maximum atomic E-state index is 6.42. The standard InChI is InChI=1S/C23H20ClN/c1-14-21(24)13-12-20-17-9-5-11-19(17)23(25-22(14)20)18-10-4-7-15-6-2-3-8-16(15)18/h2-10,12-13,17,19,23,25H,11H2,1H3. The third kappa shape index (κ3) is 2.22. The second-order valence-corrected chi connectivity index (χ2v) is 7.59. The van der Waals surface area contributed by atoms with Gasteiger partial charge in [-0.05, 0) is 52.8 Å². The van der Waals surface area contributed by atoms with E-state index in [4.69, 9.17) is 11.6 Å². The van der Waals surface area contributed by atoms with Crippen LogP contribution in [0.2, 0.25) is 5.02 Å². The van der Waals surface area contributed by atoms with Gasteiger partial charge in [0.25, 0.3) is 0 Å². The van der Waals surface area contributed by atoms with Gasteiger partial charge >= 0.3 is 0 Å². The molecule has 3 aromatic rings. The Bertz CT molecular complexity index is 999. The monoisotopic (exact) mass is 345 g/mol. The molecule has 3 aromatic carbocycles. The third-order valence-corrected chi connectivity index (χ3v) is 6.30. The van der Waals surface area contributed by atoms with Gasteiger partial charge in [0.15, 0.2) is 0 Å². The molecule has 0 saturated heterocycles. The van der Waals surface area contributed by atoms with Crippen molar-refractivity contribution in [2.45, 2.75) is 25.3 Å². The first-order valence-corrected chi connectivity index (χ1v) is 9.31. The SMILES string of the molecule is Cc1c(Cl)ccc2c1NC(c1cccc3ccccc13)C1CC=CC21. The number of hydrogen-bond acceptors (Lipinski definition) is 1. The molecule has 0 fully saturated rings. The highest BCUT2D eigenvalue weighted by Crippen LogP contribution is 2.52. The average Bonchev–Trinajstić information content (AvgIpc) is 3.14. The molecule has 0 amide bonds. The Balaban J connectivity index is 1.71. The van der Waals surface area contributed by atoms with Gasteiger partial charge in [-0.15, -0.1) is 0 Å². The second kappa shape index (κ2) is 5.64. The molecule has 2 aliphatic rings. The lowest BCUT2D eigenvalue weighted by Gasteiger charge is -2.39. The van der Waals surface area contributed by atoms with Crippen molar-refractivity contribution in [1.82, 2.24) is 0 Å². The summed E-state index contributed by atoms with van der Waals surface area (Å²) in [6.45, 7) is 2.12. The second-order valence-electron chi connectivity index (χ2n) is 7.18. The Kier molecular flexibility index (Phi) is 3.39. The molecular weight excluding hydrogens is 326 g/mol. The van der Waals surface area contributed by atoms with Crippen molar-refractivity contribution in [3.8, 4) is 0 Å². The normalized spacial score (nSPS) is 24.0. The van der Waals surface area contributed by atoms with Gasteiger partial charge in [0.05, 0.1) is 6.04 Å². The summed E-state index contributed by atoms with van der Waals surface area (Å²) in [4.78, 5) is 0. The van der Waals surface area contributed by atoms with Crippen LogP contribution in [-0.4, -0.2) is 0 Å². The largest absolute Gasteiger partial charge is 0.377 e. The van der Waals surface area contributed by atoms with Gasteiger partial charge in [0, 0.05) is 16.6 Å². The summed E-state index contributed by atoms with van der Waals surface area (Å²) in [7, 11) is 0. The van der Waals surface area contributed by atoms with Gasteiger partial charge in [-0.3, -0.25) is 0 Å². The van der Waals surface area contributed by atoms with Crippen LogP contribution < -0.4 is 5.32 Å². The molecule has 124 valence electrons. The summed E-state index contributed by atoms with van der Waals surface area (Å²) in [5.74, 6) is 1.02. The van der Waals surface area contributed by atoms with E-state index in [9.17, 15) is 0 Å². The highest BCUT2D eigenvalue weighted by atomic mass is 35.5. The van der Waals surface area contributed by atoms with Gasteiger partial charge in [-0.25, -0.2) is 0 Å². The van der Waals surface area contributed by atoms with Crippen LogP contribution in [0.4, 0.5) is 5.69 Å². The van der Waals surface area contributed by atoms with E-state index >= 15 is 0 Å². The highest BCUT2D eigenvalue weighted by Gasteiger charge is 2.39. The van der Waals surface area contributed by atoms with Crippen molar-refractivity contribution in [3.63, 3.8) is 0 Å². The highest BCUT2D eigenvalue weighted by molar-refractivity contribution is 6.31. The molecule has 3 unspecified atom stereocenters. The molecule has 0 radical (unpaired) electrons. The molecule has 0 saturated carbocycles. The predicted octanol–water partition coefficient (Wildman–Crippen LogP) is 6.63. The molecule has 0 bridgehead atoms. The first-order valence-electron chi connectivity index (χ1n) is 8.94. The number of nitrogens with one attached hydrogen (secondary N) is 1. The van der Waals surface area contributed by atoms with E-state index in [1.807, 2.05) is 6.07 Å². The molecule has 25 heavy (non-hydrogen) atoms. The molecule has 1 heterocycles. The lowest BCUT2D eigenvalue weighted by molar-refractivity contribution is 0.427. The number of benzene rings is 3. The van der Waals surface area contributed by atoms with Gasteiger partial charge in [0.2, 0.25) is 0 Å². The summed E-state index contributed by atoms with van der Waals surface area (Å²) in [5.41, 5.74) is 5.15. The van der Waals surface area contributed by atoms with Gasteiger partial charge in [-0.2, -0.15) is 0 Å². The van der Waals surface area contributed by atoms with E-state index in [0.717, 1.165) is 17.0 Å². The molecule has 1 aliphatic carbocycles. The van der Waals surface area contributed by atoms with Gasteiger partial charge in [-0.1, -0.05) is 72.3 Å². The summed E-state index contributed by atoms with van der Waals surface area (Å²) in [5, 5.41) is 7.35. The first kappa shape index (κ1) is 15.0. The summed E-state index contributed by atoms with van der Waals surface area (Å²) < 4.78 is 0. The summed E-state index contributed by atoms with van der Waals surface area (Å²) in [6, 6.07) is 19.9. The van der Waals surface area contributed by atoms with Crippen LogP contribution >= 0.6 is 11.6 Å². The number of anilines is 1. The lowest BCUT2D eigenvalue weighted by Crippen LogP contribution is -2.29. The van der Waals surface area contributed by atoms with E-state index in [-0.39, 0.29) is 0 Å². The molecule has 0 aromatic heterocycles. The van der Waals surface area contributed by atoms with Crippen LogP contribution in [0, 0.1) is 12.8 Å². The minimum absolute atomic E-state index is 0.302. The maximum Gasteiger partial charge on any atom is 0.0560 e. The van der Waals surface area contributed by atoms with Crippen LogP contribution in [-0.2, 0) is 0 Å². The smallest absolute Gasteiger partial charge is 0.0560 e. The third-order valence-electron chi connectivity index (χ3n) is 5.89. The van der Waals surface area contributed by atoms with Crippen LogP contribution in [0.3, 0.4) is 0 Å². The Morgan fingerprint density at radius 2 is 1.80 bits per heavy atom. The first-order chi connectivity index (χ1) is 12.2. The number of hydrogen-bond donors (Lipinski definition) is 1. The van der Waals surface area contributed by atoms with Crippen LogP contribution in [0.1, 0.15) is 35.1 Å². The van der Waals surface area contributed by atoms with Crippen molar-refractivity contribution in [1.29, 1.82) is 0 Å². The quantitative estimate of drug-likeness (QED) is 0.488. The van der Waals surface area contributed by atoms with Crippen molar-refractivity contribution in [3.05, 3.63) is 88.5 Å². The zero-order valence-electron chi connectivity index (χ0n) is 14.2. The Morgan fingerprint density at radius 3 is 2.72 bits per heavy atom. The topological polar surface area (TPSA) is 12.0 Å². The Morgan fingerprint density at radius 1 is 0.960 bits per heavy atom. The van der Waals surface area contributed by atoms with E-state index < -0.39 is 0 Å². The van der Waals surface area contributed by atoms with Gasteiger partial charge in [0.1, 0.15) is 0 Å². The van der Waals surface area contributed by atoms with E-state index in [0.29, 0.717) is 17.9 Å². The van der Waals surface area contributed by atoms with E-state index in [2.05, 4.69) is 72.9 Å². The van der Waals surface area contributed by atoms with Gasteiger partial charge < -0.3 is 5.32 Å². The van der Waals surface area contributed by atoms with E-state index in [1.54, 1.807) is 0 Å². The van der Waals surface area contributed by atoms with Crippen molar-refractivity contribution >= 4 is 28.1 Å². The average molecular weight is 346 g/mol. The fourth-order valence-electron chi connectivity index (χ4n) is 4.62. The summed E-state index contributed by atoms with van der Waals surface area (Å²) in [6.07, 6.45) is 5.84. The molecule has 2 heteroatoms. The molecule has 3 atom stereocenters. The number of allylic oxidation sites excluding steroid dienone is 2. The fourth-order valence-corrected chi connectivity index (χ4v) is 4.78. The molecule has 1 nitrogen and oxygen atoms in total. The number of halogens is 1. The Labute approximate surface area is 153 Å². The maximum absolute atomic E-state index is 6.42. The molecular formula is C23H20ClN. The number of rotatable bonds is 1.